The molecule has 140 valence electrons. The maximum atomic E-state index is 12.7. The van der Waals surface area contributed by atoms with Crippen LogP contribution in [-0.2, 0) is 6.54 Å². The summed E-state index contributed by atoms with van der Waals surface area (Å²) >= 11 is 0. The van der Waals surface area contributed by atoms with E-state index in [4.69, 9.17) is 0 Å². The van der Waals surface area contributed by atoms with Crippen LogP contribution in [0.5, 0.6) is 0 Å². The van der Waals surface area contributed by atoms with Gasteiger partial charge < -0.3 is 5.32 Å². The number of carbonyl (C=O) groups is 1. The molecule has 0 aliphatic heterocycles. The van der Waals surface area contributed by atoms with Gasteiger partial charge in [-0.15, -0.1) is 5.10 Å². The van der Waals surface area contributed by atoms with Crippen LogP contribution in [0.1, 0.15) is 32.6 Å². The zero-order chi connectivity index (χ0) is 19.7. The standard InChI is InChI=1S/C23H22N4O/c1-15-8-9-17(3)20(12-15)24-23(28)18-10-11-22-21(13-18)25-26-27(22)14-19-7-5-4-6-16(19)2/h4-13H,14H2,1-3H3,(H,24,28). The molecule has 0 saturated carbocycles. The SMILES string of the molecule is Cc1ccc(C)c(NC(=O)c2ccc3c(c2)nnn3Cc2ccccc2C)c1. The van der Waals surface area contributed by atoms with Crippen molar-refractivity contribution in [2.75, 3.05) is 5.32 Å². The number of aryl methyl sites for hydroxylation is 3. The van der Waals surface area contributed by atoms with Crippen molar-refractivity contribution in [2.45, 2.75) is 27.3 Å². The van der Waals surface area contributed by atoms with Gasteiger partial charge in [-0.1, -0.05) is 41.6 Å². The van der Waals surface area contributed by atoms with Gasteiger partial charge >= 0.3 is 0 Å². The van der Waals surface area contributed by atoms with Crippen LogP contribution >= 0.6 is 0 Å². The monoisotopic (exact) mass is 370 g/mol. The van der Waals surface area contributed by atoms with E-state index in [9.17, 15) is 4.79 Å². The highest BCUT2D eigenvalue weighted by atomic mass is 16.1. The first kappa shape index (κ1) is 17.9. The van der Waals surface area contributed by atoms with Gasteiger partial charge in [0.1, 0.15) is 5.52 Å². The van der Waals surface area contributed by atoms with Gasteiger partial charge in [-0.3, -0.25) is 4.79 Å². The predicted molar refractivity (Wildman–Crippen MR) is 112 cm³/mol. The summed E-state index contributed by atoms with van der Waals surface area (Å²) in [6.45, 7) is 6.73. The molecule has 1 aromatic heterocycles. The summed E-state index contributed by atoms with van der Waals surface area (Å²) in [6.07, 6.45) is 0. The summed E-state index contributed by atoms with van der Waals surface area (Å²) in [5, 5.41) is 11.5. The summed E-state index contributed by atoms with van der Waals surface area (Å²) < 4.78 is 1.87. The van der Waals surface area contributed by atoms with Crippen LogP contribution in [0.15, 0.2) is 60.7 Å². The van der Waals surface area contributed by atoms with Gasteiger partial charge in [-0.2, -0.15) is 0 Å². The minimum absolute atomic E-state index is 0.149. The Morgan fingerprint density at radius 2 is 1.79 bits per heavy atom. The highest BCUT2D eigenvalue weighted by Crippen LogP contribution is 2.20. The van der Waals surface area contributed by atoms with Crippen molar-refractivity contribution in [3.05, 3.63) is 88.5 Å². The Labute approximate surface area is 164 Å². The third kappa shape index (κ3) is 3.51. The highest BCUT2D eigenvalue weighted by molar-refractivity contribution is 6.06. The molecular weight excluding hydrogens is 348 g/mol. The first-order valence-electron chi connectivity index (χ1n) is 9.27. The number of fused-ring (bicyclic) bond motifs is 1. The molecule has 3 aromatic carbocycles. The van der Waals surface area contributed by atoms with Gasteiger partial charge in [0, 0.05) is 11.3 Å². The summed E-state index contributed by atoms with van der Waals surface area (Å²) in [6, 6.07) is 19.8. The molecule has 0 spiro atoms. The van der Waals surface area contributed by atoms with E-state index in [-0.39, 0.29) is 5.91 Å². The molecule has 4 rings (SSSR count). The summed E-state index contributed by atoms with van der Waals surface area (Å²) in [5.74, 6) is -0.149. The zero-order valence-corrected chi connectivity index (χ0v) is 16.2. The molecule has 5 heteroatoms. The van der Waals surface area contributed by atoms with E-state index in [0.717, 1.165) is 22.3 Å². The molecule has 0 radical (unpaired) electrons. The van der Waals surface area contributed by atoms with E-state index in [2.05, 4.69) is 34.7 Å². The molecule has 0 atom stereocenters. The lowest BCUT2D eigenvalue weighted by Crippen LogP contribution is -2.13. The van der Waals surface area contributed by atoms with Gasteiger partial charge in [0.2, 0.25) is 0 Å². The maximum absolute atomic E-state index is 12.7. The van der Waals surface area contributed by atoms with Crippen molar-refractivity contribution in [3.63, 3.8) is 0 Å². The third-order valence-corrected chi connectivity index (χ3v) is 5.00. The van der Waals surface area contributed by atoms with E-state index < -0.39 is 0 Å². The average molecular weight is 370 g/mol. The molecule has 4 aromatic rings. The van der Waals surface area contributed by atoms with Crippen LogP contribution in [0, 0.1) is 20.8 Å². The molecule has 0 bridgehead atoms. The Hall–Kier alpha value is -3.47. The smallest absolute Gasteiger partial charge is 0.255 e. The molecule has 0 fully saturated rings. The maximum Gasteiger partial charge on any atom is 0.255 e. The predicted octanol–water partition coefficient (Wildman–Crippen LogP) is 4.66. The van der Waals surface area contributed by atoms with Crippen molar-refractivity contribution in [1.29, 1.82) is 0 Å². The summed E-state index contributed by atoms with van der Waals surface area (Å²) in [7, 11) is 0. The van der Waals surface area contributed by atoms with Crippen molar-refractivity contribution in [2.24, 2.45) is 0 Å². The molecule has 1 heterocycles. The van der Waals surface area contributed by atoms with Crippen LogP contribution in [-0.4, -0.2) is 20.9 Å². The molecule has 0 aliphatic rings. The minimum atomic E-state index is -0.149. The van der Waals surface area contributed by atoms with Gasteiger partial charge in [0.05, 0.1) is 12.1 Å². The van der Waals surface area contributed by atoms with Crippen molar-refractivity contribution in [3.8, 4) is 0 Å². The number of anilines is 1. The fourth-order valence-corrected chi connectivity index (χ4v) is 3.24. The number of hydrogen-bond donors (Lipinski definition) is 1. The lowest BCUT2D eigenvalue weighted by Gasteiger charge is -2.10. The van der Waals surface area contributed by atoms with Crippen molar-refractivity contribution in [1.82, 2.24) is 15.0 Å². The van der Waals surface area contributed by atoms with Gasteiger partial charge in [0.25, 0.3) is 5.91 Å². The number of hydrogen-bond acceptors (Lipinski definition) is 3. The molecule has 1 amide bonds. The van der Waals surface area contributed by atoms with Crippen LogP contribution in [0.4, 0.5) is 5.69 Å². The van der Waals surface area contributed by atoms with Gasteiger partial charge in [0.15, 0.2) is 0 Å². The van der Waals surface area contributed by atoms with Gasteiger partial charge in [-0.05, 0) is 67.3 Å². The molecule has 1 N–H and O–H groups in total. The first-order chi connectivity index (χ1) is 13.5. The Bertz CT molecular complexity index is 1180. The topological polar surface area (TPSA) is 59.8 Å². The number of nitrogens with zero attached hydrogens (tertiary/aromatic N) is 3. The van der Waals surface area contributed by atoms with Crippen LogP contribution in [0.25, 0.3) is 11.0 Å². The number of rotatable bonds is 4. The minimum Gasteiger partial charge on any atom is -0.322 e. The quantitative estimate of drug-likeness (QED) is 0.568. The lowest BCUT2D eigenvalue weighted by molar-refractivity contribution is 0.102. The first-order valence-corrected chi connectivity index (χ1v) is 9.27. The number of nitrogens with one attached hydrogen (secondary N) is 1. The Balaban J connectivity index is 1.59. The second kappa shape index (κ2) is 7.27. The molecule has 5 nitrogen and oxygen atoms in total. The Morgan fingerprint density at radius 3 is 2.61 bits per heavy atom. The number of benzene rings is 3. The lowest BCUT2D eigenvalue weighted by atomic mass is 10.1. The molecule has 0 aliphatic carbocycles. The number of aromatic nitrogens is 3. The van der Waals surface area contributed by atoms with E-state index in [1.165, 1.54) is 11.1 Å². The summed E-state index contributed by atoms with van der Waals surface area (Å²) in [5.41, 5.74) is 7.57. The average Bonchev–Trinajstić information content (AvgIpc) is 3.08. The van der Waals surface area contributed by atoms with E-state index >= 15 is 0 Å². The fourth-order valence-electron chi connectivity index (χ4n) is 3.24. The Morgan fingerprint density at radius 1 is 0.964 bits per heavy atom. The van der Waals surface area contributed by atoms with E-state index in [1.807, 2.05) is 61.0 Å². The van der Waals surface area contributed by atoms with E-state index in [0.29, 0.717) is 17.6 Å². The van der Waals surface area contributed by atoms with Crippen LogP contribution < -0.4 is 5.32 Å². The van der Waals surface area contributed by atoms with Crippen molar-refractivity contribution >= 4 is 22.6 Å². The van der Waals surface area contributed by atoms with Crippen LogP contribution in [0.2, 0.25) is 0 Å². The number of carbonyl (C=O) groups excluding carboxylic acids is 1. The second-order valence-electron chi connectivity index (χ2n) is 7.15. The fraction of sp³-hybridized carbons (Fsp3) is 0.174. The third-order valence-electron chi connectivity index (χ3n) is 5.00. The normalized spacial score (nSPS) is 11.0. The van der Waals surface area contributed by atoms with E-state index in [1.54, 1.807) is 6.07 Å². The number of amides is 1. The van der Waals surface area contributed by atoms with Crippen LogP contribution in [0.3, 0.4) is 0 Å². The molecule has 0 saturated heterocycles. The van der Waals surface area contributed by atoms with Gasteiger partial charge in [-0.25, -0.2) is 4.68 Å². The molecule has 28 heavy (non-hydrogen) atoms. The zero-order valence-electron chi connectivity index (χ0n) is 16.2. The second-order valence-corrected chi connectivity index (χ2v) is 7.15. The molecule has 0 unspecified atom stereocenters. The summed E-state index contributed by atoms with van der Waals surface area (Å²) in [4.78, 5) is 12.7. The van der Waals surface area contributed by atoms with Crippen molar-refractivity contribution < 1.29 is 4.79 Å². The Kier molecular flexibility index (Phi) is 4.65. The highest BCUT2D eigenvalue weighted by Gasteiger charge is 2.12. The molecular formula is C23H22N4O. The largest absolute Gasteiger partial charge is 0.322 e.